The van der Waals surface area contributed by atoms with Crippen molar-refractivity contribution in [2.45, 2.75) is 65.1 Å². The molecule has 0 radical (unpaired) electrons. The largest absolute Gasteiger partial charge is 0.375 e. The van der Waals surface area contributed by atoms with Crippen molar-refractivity contribution in [1.82, 2.24) is 0 Å². The maximum Gasteiger partial charge on any atom is 0.0612 e. The Morgan fingerprint density at radius 3 is 2.64 bits per heavy atom. The van der Waals surface area contributed by atoms with Crippen molar-refractivity contribution in [2.75, 3.05) is 0 Å². The van der Waals surface area contributed by atoms with Crippen LogP contribution >= 0.6 is 0 Å². The molecule has 0 aromatic heterocycles. The molecule has 0 aromatic carbocycles. The van der Waals surface area contributed by atoms with Gasteiger partial charge in [0.2, 0.25) is 0 Å². The molecular weight excluding hydrogens is 172 g/mol. The van der Waals surface area contributed by atoms with Crippen LogP contribution in [0.25, 0.3) is 0 Å². The first kappa shape index (κ1) is 10.5. The first-order chi connectivity index (χ1) is 6.70. The molecule has 1 heterocycles. The van der Waals surface area contributed by atoms with Crippen molar-refractivity contribution in [3.05, 3.63) is 0 Å². The Kier molecular flexibility index (Phi) is 3.16. The molecule has 2 fully saturated rings. The van der Waals surface area contributed by atoms with Crippen LogP contribution in [-0.2, 0) is 4.74 Å². The molecule has 0 spiro atoms. The monoisotopic (exact) mass is 196 g/mol. The van der Waals surface area contributed by atoms with Gasteiger partial charge in [-0.25, -0.2) is 0 Å². The van der Waals surface area contributed by atoms with Gasteiger partial charge in [0, 0.05) is 0 Å². The van der Waals surface area contributed by atoms with Gasteiger partial charge >= 0.3 is 0 Å². The zero-order chi connectivity index (χ0) is 10.1. The lowest BCUT2D eigenvalue weighted by Crippen LogP contribution is -2.43. The number of hydrogen-bond acceptors (Lipinski definition) is 1. The van der Waals surface area contributed by atoms with E-state index in [1.54, 1.807) is 0 Å². The summed E-state index contributed by atoms with van der Waals surface area (Å²) in [5.74, 6) is 2.65. The van der Waals surface area contributed by atoms with Crippen LogP contribution < -0.4 is 0 Å². The molecule has 5 unspecified atom stereocenters. The Bertz CT molecular complexity index is 190. The Morgan fingerprint density at radius 2 is 1.93 bits per heavy atom. The molecule has 1 aliphatic heterocycles. The Hall–Kier alpha value is -0.0400. The average molecular weight is 196 g/mol. The van der Waals surface area contributed by atoms with E-state index in [1.807, 2.05) is 0 Å². The van der Waals surface area contributed by atoms with Crippen LogP contribution in [-0.4, -0.2) is 12.2 Å². The molecular formula is C13H24O. The van der Waals surface area contributed by atoms with Crippen molar-refractivity contribution in [1.29, 1.82) is 0 Å². The van der Waals surface area contributed by atoms with Crippen LogP contribution in [0, 0.1) is 17.8 Å². The van der Waals surface area contributed by atoms with Gasteiger partial charge in [0.1, 0.15) is 0 Å². The number of ether oxygens (including phenoxy) is 1. The molecule has 2 rings (SSSR count). The van der Waals surface area contributed by atoms with Crippen LogP contribution in [0.1, 0.15) is 52.9 Å². The van der Waals surface area contributed by atoms with Crippen LogP contribution in [0.5, 0.6) is 0 Å². The third-order valence-corrected chi connectivity index (χ3v) is 4.29. The molecule has 0 aromatic rings. The zero-order valence-corrected chi connectivity index (χ0v) is 9.83. The van der Waals surface area contributed by atoms with E-state index < -0.39 is 0 Å². The fraction of sp³-hybridized carbons (Fsp3) is 1.00. The third-order valence-electron chi connectivity index (χ3n) is 4.29. The van der Waals surface area contributed by atoms with Crippen molar-refractivity contribution in [2.24, 2.45) is 17.8 Å². The Morgan fingerprint density at radius 1 is 1.14 bits per heavy atom. The van der Waals surface area contributed by atoms with E-state index in [0.717, 1.165) is 17.8 Å². The lowest BCUT2D eigenvalue weighted by Gasteiger charge is -2.45. The topological polar surface area (TPSA) is 9.23 Å². The summed E-state index contributed by atoms with van der Waals surface area (Å²) in [6, 6.07) is 0. The van der Waals surface area contributed by atoms with Gasteiger partial charge in [0.05, 0.1) is 12.2 Å². The summed E-state index contributed by atoms with van der Waals surface area (Å²) in [4.78, 5) is 0. The van der Waals surface area contributed by atoms with Crippen LogP contribution in [0.4, 0.5) is 0 Å². The maximum absolute atomic E-state index is 6.18. The Labute approximate surface area is 88.2 Å². The smallest absolute Gasteiger partial charge is 0.0612 e. The van der Waals surface area contributed by atoms with E-state index in [9.17, 15) is 0 Å². The molecule has 0 N–H and O–H groups in total. The summed E-state index contributed by atoms with van der Waals surface area (Å²) >= 11 is 0. The van der Waals surface area contributed by atoms with E-state index in [-0.39, 0.29) is 0 Å². The summed E-state index contributed by atoms with van der Waals surface area (Å²) in [6.07, 6.45) is 7.78. The molecule has 5 atom stereocenters. The van der Waals surface area contributed by atoms with Gasteiger partial charge in [0.25, 0.3) is 0 Å². The van der Waals surface area contributed by atoms with Gasteiger partial charge in [-0.2, -0.15) is 0 Å². The molecule has 0 bridgehead atoms. The van der Waals surface area contributed by atoms with E-state index in [0.29, 0.717) is 12.2 Å². The lowest BCUT2D eigenvalue weighted by atomic mass is 9.71. The minimum Gasteiger partial charge on any atom is -0.375 e. The molecule has 1 nitrogen and oxygen atoms in total. The normalized spacial score (nSPS) is 48.6. The highest BCUT2D eigenvalue weighted by Gasteiger charge is 2.38. The van der Waals surface area contributed by atoms with Crippen LogP contribution in [0.3, 0.4) is 0 Å². The molecule has 1 saturated carbocycles. The molecule has 82 valence electrons. The summed E-state index contributed by atoms with van der Waals surface area (Å²) in [5, 5.41) is 0. The van der Waals surface area contributed by atoms with Gasteiger partial charge in [-0.15, -0.1) is 0 Å². The third kappa shape index (κ3) is 1.98. The predicted octanol–water partition coefficient (Wildman–Crippen LogP) is 3.63. The first-order valence-electron chi connectivity index (χ1n) is 6.36. The van der Waals surface area contributed by atoms with E-state index in [1.165, 1.54) is 32.1 Å². The van der Waals surface area contributed by atoms with Crippen LogP contribution in [0.15, 0.2) is 0 Å². The zero-order valence-electron chi connectivity index (χ0n) is 9.83. The maximum atomic E-state index is 6.18. The second kappa shape index (κ2) is 4.22. The van der Waals surface area contributed by atoms with Gasteiger partial charge in [-0.1, -0.05) is 27.2 Å². The van der Waals surface area contributed by atoms with E-state index in [2.05, 4.69) is 20.8 Å². The van der Waals surface area contributed by atoms with Crippen molar-refractivity contribution in [3.8, 4) is 0 Å². The SMILES string of the molecule is CCC1CC(C)C2CCC(C)CC2O1. The highest BCUT2D eigenvalue weighted by atomic mass is 16.5. The highest BCUT2D eigenvalue weighted by Crippen LogP contribution is 2.41. The number of hydrogen-bond donors (Lipinski definition) is 0. The van der Waals surface area contributed by atoms with E-state index >= 15 is 0 Å². The molecule has 1 heteroatoms. The fourth-order valence-electron chi connectivity index (χ4n) is 3.31. The minimum absolute atomic E-state index is 0.552. The second-order valence-electron chi connectivity index (χ2n) is 5.50. The molecule has 1 aliphatic carbocycles. The first-order valence-corrected chi connectivity index (χ1v) is 6.36. The fourth-order valence-corrected chi connectivity index (χ4v) is 3.31. The second-order valence-corrected chi connectivity index (χ2v) is 5.50. The lowest BCUT2D eigenvalue weighted by molar-refractivity contribution is -0.129. The molecule has 0 amide bonds. The molecule has 2 aliphatic rings. The molecule has 1 saturated heterocycles. The summed E-state index contributed by atoms with van der Waals surface area (Å²) in [5.41, 5.74) is 0. The van der Waals surface area contributed by atoms with Gasteiger partial charge in [-0.05, 0) is 43.4 Å². The van der Waals surface area contributed by atoms with Crippen molar-refractivity contribution >= 4 is 0 Å². The average Bonchev–Trinajstić information content (AvgIpc) is 2.16. The molecule has 14 heavy (non-hydrogen) atoms. The van der Waals surface area contributed by atoms with Crippen molar-refractivity contribution in [3.63, 3.8) is 0 Å². The Balaban J connectivity index is 2.00. The summed E-state index contributed by atoms with van der Waals surface area (Å²) < 4.78 is 6.18. The van der Waals surface area contributed by atoms with Crippen molar-refractivity contribution < 1.29 is 4.74 Å². The van der Waals surface area contributed by atoms with E-state index in [4.69, 9.17) is 4.74 Å². The quantitative estimate of drug-likeness (QED) is 0.622. The highest BCUT2D eigenvalue weighted by molar-refractivity contribution is 4.87. The minimum atomic E-state index is 0.552. The predicted molar refractivity (Wildman–Crippen MR) is 59.2 cm³/mol. The van der Waals surface area contributed by atoms with Gasteiger partial charge < -0.3 is 4.74 Å². The van der Waals surface area contributed by atoms with Gasteiger partial charge in [0.15, 0.2) is 0 Å². The van der Waals surface area contributed by atoms with Gasteiger partial charge in [-0.3, -0.25) is 0 Å². The summed E-state index contributed by atoms with van der Waals surface area (Å²) in [6.45, 7) is 7.06. The summed E-state index contributed by atoms with van der Waals surface area (Å²) in [7, 11) is 0. The van der Waals surface area contributed by atoms with Crippen LogP contribution in [0.2, 0.25) is 0 Å². The number of fused-ring (bicyclic) bond motifs is 1. The number of rotatable bonds is 1. The standard InChI is InChI=1S/C13H24O/c1-4-11-8-10(3)12-6-5-9(2)7-13(12)14-11/h9-13H,4-8H2,1-3H3.